The van der Waals surface area contributed by atoms with E-state index in [1.165, 1.54) is 24.0 Å². The molecule has 0 fully saturated rings. The van der Waals surface area contributed by atoms with E-state index in [1.54, 1.807) is 6.26 Å². The summed E-state index contributed by atoms with van der Waals surface area (Å²) in [5, 5.41) is 18.1. The van der Waals surface area contributed by atoms with Gasteiger partial charge < -0.3 is 10.0 Å². The SMILES string of the molecule is CSc1c(B(O)O)ccnc1Cl. The quantitative estimate of drug-likeness (QED) is 0.408. The van der Waals surface area contributed by atoms with Crippen LogP contribution in [0.25, 0.3) is 0 Å². The van der Waals surface area contributed by atoms with Gasteiger partial charge in [-0.3, -0.25) is 0 Å². The fraction of sp³-hybridized carbons (Fsp3) is 0.167. The Hall–Kier alpha value is -0.225. The number of rotatable bonds is 2. The van der Waals surface area contributed by atoms with Crippen LogP contribution in [0, 0.1) is 0 Å². The Morgan fingerprint density at radius 1 is 1.58 bits per heavy atom. The molecule has 0 saturated carbocycles. The first-order valence-electron chi connectivity index (χ1n) is 3.21. The molecule has 3 nitrogen and oxygen atoms in total. The van der Waals surface area contributed by atoms with Crippen LogP contribution in [0.15, 0.2) is 17.2 Å². The maximum Gasteiger partial charge on any atom is 0.489 e. The van der Waals surface area contributed by atoms with Gasteiger partial charge in [-0.25, -0.2) is 4.98 Å². The second-order valence-electron chi connectivity index (χ2n) is 2.10. The predicted molar refractivity (Wildman–Crippen MR) is 50.9 cm³/mol. The molecule has 0 amide bonds. The fourth-order valence-corrected chi connectivity index (χ4v) is 1.87. The maximum absolute atomic E-state index is 8.92. The Balaban J connectivity index is 3.18. The Labute approximate surface area is 79.9 Å². The van der Waals surface area contributed by atoms with Crippen molar-refractivity contribution in [3.05, 3.63) is 17.4 Å². The van der Waals surface area contributed by atoms with Crippen LogP contribution in [0.5, 0.6) is 0 Å². The zero-order valence-electron chi connectivity index (χ0n) is 6.36. The average Bonchev–Trinajstić information content (AvgIpc) is 2.03. The third-order valence-corrected chi connectivity index (χ3v) is 2.61. The van der Waals surface area contributed by atoms with Crippen LogP contribution in [0.1, 0.15) is 0 Å². The second kappa shape index (κ2) is 4.14. The molecule has 1 aromatic rings. The zero-order valence-corrected chi connectivity index (χ0v) is 7.93. The van der Waals surface area contributed by atoms with Gasteiger partial charge in [0.1, 0.15) is 5.15 Å². The molecular weight excluding hydrogens is 196 g/mol. The van der Waals surface area contributed by atoms with Gasteiger partial charge in [0.05, 0.1) is 0 Å². The fourth-order valence-electron chi connectivity index (χ4n) is 0.842. The molecule has 1 heterocycles. The van der Waals surface area contributed by atoms with Crippen molar-refractivity contribution >= 4 is 35.9 Å². The summed E-state index contributed by atoms with van der Waals surface area (Å²) in [7, 11) is -1.49. The largest absolute Gasteiger partial charge is 0.489 e. The van der Waals surface area contributed by atoms with E-state index in [9.17, 15) is 0 Å². The van der Waals surface area contributed by atoms with Crippen LogP contribution in [0.3, 0.4) is 0 Å². The highest BCUT2D eigenvalue weighted by Crippen LogP contribution is 2.20. The molecule has 0 saturated heterocycles. The minimum absolute atomic E-state index is 0.299. The summed E-state index contributed by atoms with van der Waals surface area (Å²) in [6.45, 7) is 0. The van der Waals surface area contributed by atoms with E-state index in [0.29, 0.717) is 15.5 Å². The maximum atomic E-state index is 8.92. The van der Waals surface area contributed by atoms with Crippen LogP contribution >= 0.6 is 23.4 Å². The topological polar surface area (TPSA) is 53.4 Å². The van der Waals surface area contributed by atoms with Gasteiger partial charge in [-0.05, 0) is 12.3 Å². The van der Waals surface area contributed by atoms with E-state index in [1.807, 2.05) is 0 Å². The average molecular weight is 203 g/mol. The minimum atomic E-state index is -1.49. The normalized spacial score (nSPS) is 10.0. The summed E-state index contributed by atoms with van der Waals surface area (Å²) in [6, 6.07) is 1.53. The Morgan fingerprint density at radius 3 is 2.67 bits per heavy atom. The summed E-state index contributed by atoms with van der Waals surface area (Å²) in [5.41, 5.74) is 0.391. The number of hydrogen-bond donors (Lipinski definition) is 2. The highest BCUT2D eigenvalue weighted by molar-refractivity contribution is 7.99. The van der Waals surface area contributed by atoms with Crippen molar-refractivity contribution in [2.24, 2.45) is 0 Å². The lowest BCUT2D eigenvalue weighted by molar-refractivity contribution is 0.425. The van der Waals surface area contributed by atoms with Gasteiger partial charge in [0.15, 0.2) is 0 Å². The lowest BCUT2D eigenvalue weighted by atomic mass is 9.81. The first kappa shape index (κ1) is 9.86. The van der Waals surface area contributed by atoms with E-state index in [0.717, 1.165) is 0 Å². The van der Waals surface area contributed by atoms with Gasteiger partial charge in [-0.15, -0.1) is 11.8 Å². The van der Waals surface area contributed by atoms with Crippen molar-refractivity contribution in [2.45, 2.75) is 4.90 Å². The van der Waals surface area contributed by atoms with E-state index in [4.69, 9.17) is 21.6 Å². The first-order valence-corrected chi connectivity index (χ1v) is 4.81. The van der Waals surface area contributed by atoms with Crippen molar-refractivity contribution in [3.63, 3.8) is 0 Å². The summed E-state index contributed by atoms with van der Waals surface area (Å²) < 4.78 is 0. The van der Waals surface area contributed by atoms with Gasteiger partial charge in [0.25, 0.3) is 0 Å². The molecule has 0 bridgehead atoms. The molecule has 1 aromatic heterocycles. The number of hydrogen-bond acceptors (Lipinski definition) is 4. The van der Waals surface area contributed by atoms with Crippen molar-refractivity contribution in [1.82, 2.24) is 4.98 Å². The molecule has 0 aromatic carbocycles. The smallest absolute Gasteiger partial charge is 0.423 e. The molecule has 0 atom stereocenters. The number of aromatic nitrogens is 1. The molecule has 6 heteroatoms. The van der Waals surface area contributed by atoms with Crippen LogP contribution in [0.4, 0.5) is 0 Å². The van der Waals surface area contributed by atoms with Gasteiger partial charge in [0.2, 0.25) is 0 Å². The Kier molecular flexibility index (Phi) is 3.40. The van der Waals surface area contributed by atoms with E-state index in [-0.39, 0.29) is 0 Å². The summed E-state index contributed by atoms with van der Waals surface area (Å²) in [5.74, 6) is 0. The molecule has 0 aliphatic heterocycles. The molecule has 0 aliphatic carbocycles. The van der Waals surface area contributed by atoms with E-state index >= 15 is 0 Å². The third-order valence-electron chi connectivity index (χ3n) is 1.37. The van der Waals surface area contributed by atoms with Crippen LogP contribution in [0.2, 0.25) is 5.15 Å². The Morgan fingerprint density at radius 2 is 2.25 bits per heavy atom. The highest BCUT2D eigenvalue weighted by atomic mass is 35.5. The number of thioether (sulfide) groups is 1. The van der Waals surface area contributed by atoms with Gasteiger partial charge in [0, 0.05) is 16.6 Å². The molecule has 2 N–H and O–H groups in total. The van der Waals surface area contributed by atoms with Crippen molar-refractivity contribution in [2.75, 3.05) is 6.26 Å². The number of pyridine rings is 1. The van der Waals surface area contributed by atoms with Crippen molar-refractivity contribution in [1.29, 1.82) is 0 Å². The van der Waals surface area contributed by atoms with E-state index < -0.39 is 7.12 Å². The van der Waals surface area contributed by atoms with Gasteiger partial charge in [-0.1, -0.05) is 11.6 Å². The summed E-state index contributed by atoms with van der Waals surface area (Å²) in [4.78, 5) is 4.42. The molecule has 64 valence electrons. The predicted octanol–water partition coefficient (Wildman–Crippen LogP) is 0.137. The van der Waals surface area contributed by atoms with Gasteiger partial charge in [-0.2, -0.15) is 0 Å². The van der Waals surface area contributed by atoms with E-state index in [2.05, 4.69) is 4.98 Å². The molecule has 0 radical (unpaired) electrons. The van der Waals surface area contributed by atoms with Crippen molar-refractivity contribution < 1.29 is 10.0 Å². The molecule has 0 unspecified atom stereocenters. The standard InChI is InChI=1S/C6H7BClNO2S/c1-12-5-4(7(10)11)2-3-9-6(5)8/h2-3,10-11H,1H3. The molecule has 1 rings (SSSR count). The Bertz CT molecular complexity index is 284. The van der Waals surface area contributed by atoms with Crippen molar-refractivity contribution in [3.8, 4) is 0 Å². The second-order valence-corrected chi connectivity index (χ2v) is 3.27. The number of halogens is 1. The first-order chi connectivity index (χ1) is 5.66. The monoisotopic (exact) mass is 203 g/mol. The molecule has 12 heavy (non-hydrogen) atoms. The third kappa shape index (κ3) is 1.92. The summed E-state index contributed by atoms with van der Waals surface area (Å²) in [6.07, 6.45) is 3.24. The molecular formula is C6H7BClNO2S. The number of nitrogens with zero attached hydrogens (tertiary/aromatic N) is 1. The molecule has 0 aliphatic rings. The lowest BCUT2D eigenvalue weighted by Crippen LogP contribution is -2.31. The van der Waals surface area contributed by atoms with Crippen LogP contribution < -0.4 is 5.46 Å². The zero-order chi connectivity index (χ0) is 9.14. The van der Waals surface area contributed by atoms with Crippen LogP contribution in [-0.2, 0) is 0 Å². The van der Waals surface area contributed by atoms with Gasteiger partial charge >= 0.3 is 7.12 Å². The molecule has 0 spiro atoms. The highest BCUT2D eigenvalue weighted by Gasteiger charge is 2.17. The minimum Gasteiger partial charge on any atom is -0.423 e. The lowest BCUT2D eigenvalue weighted by Gasteiger charge is -2.06. The van der Waals surface area contributed by atoms with Crippen LogP contribution in [-0.4, -0.2) is 28.4 Å². The summed E-state index contributed by atoms with van der Waals surface area (Å²) >= 11 is 7.06.